The fourth-order valence-corrected chi connectivity index (χ4v) is 4.18. The van der Waals surface area contributed by atoms with Gasteiger partial charge in [-0.2, -0.15) is 5.10 Å². The normalized spacial score (nSPS) is 13.8. The van der Waals surface area contributed by atoms with Crippen molar-refractivity contribution in [3.8, 4) is 0 Å². The van der Waals surface area contributed by atoms with E-state index >= 15 is 0 Å². The molecule has 35 heavy (non-hydrogen) atoms. The van der Waals surface area contributed by atoms with Crippen molar-refractivity contribution in [1.29, 1.82) is 0 Å². The second kappa shape index (κ2) is 12.5. The number of hydrazone groups is 1. The first-order valence-corrected chi connectivity index (χ1v) is 11.7. The molecule has 7 nitrogen and oxygen atoms in total. The second-order valence-corrected chi connectivity index (χ2v) is 8.28. The fourth-order valence-electron chi connectivity index (χ4n) is 4.18. The molecule has 2 heterocycles. The number of carbonyl (C=O) groups excluding carboxylic acids is 2. The number of rotatable bonds is 6. The Kier molecular flexibility index (Phi) is 9.15. The standard InChI is InChI=1S/C24H25N5O2.C4H8/c1-2-5-21-20(12-26-25)24-18(15-30)10-19(11-22(24)28-21)27-23(31)14-29-9-8-16-6-3-4-7-17(16)13-29;1-3-4-2/h2-7,10-12,15,28H,8-9,13-14,25H2,1H3,(H,27,31);3-4H,1-2H3/b5-2+,26-12-;4-3-. The van der Waals surface area contributed by atoms with Crippen molar-refractivity contribution < 1.29 is 9.59 Å². The van der Waals surface area contributed by atoms with Gasteiger partial charge in [-0.05, 0) is 56.5 Å². The summed E-state index contributed by atoms with van der Waals surface area (Å²) in [5.41, 5.74) is 5.91. The molecule has 4 rings (SSSR count). The van der Waals surface area contributed by atoms with E-state index in [2.05, 4.69) is 38.5 Å². The van der Waals surface area contributed by atoms with E-state index in [0.29, 0.717) is 17.8 Å². The van der Waals surface area contributed by atoms with Crippen LogP contribution in [0, 0.1) is 0 Å². The minimum Gasteiger partial charge on any atom is -0.354 e. The van der Waals surface area contributed by atoms with Gasteiger partial charge in [0.15, 0.2) is 6.29 Å². The Bertz CT molecular complexity index is 1270. The van der Waals surface area contributed by atoms with Crippen molar-refractivity contribution in [2.24, 2.45) is 10.9 Å². The first kappa shape index (κ1) is 25.6. The van der Waals surface area contributed by atoms with Crippen molar-refractivity contribution in [3.05, 3.63) is 82.6 Å². The Balaban J connectivity index is 0.000000795. The van der Waals surface area contributed by atoms with Crippen LogP contribution in [-0.4, -0.2) is 41.4 Å². The van der Waals surface area contributed by atoms with Crippen LogP contribution in [0.5, 0.6) is 0 Å². The molecule has 1 aromatic heterocycles. The van der Waals surface area contributed by atoms with E-state index in [4.69, 9.17) is 5.84 Å². The molecule has 4 N–H and O–H groups in total. The monoisotopic (exact) mass is 471 g/mol. The average molecular weight is 472 g/mol. The van der Waals surface area contributed by atoms with Gasteiger partial charge in [-0.25, -0.2) is 0 Å². The van der Waals surface area contributed by atoms with Gasteiger partial charge >= 0.3 is 0 Å². The largest absolute Gasteiger partial charge is 0.354 e. The second-order valence-electron chi connectivity index (χ2n) is 8.28. The summed E-state index contributed by atoms with van der Waals surface area (Å²) in [7, 11) is 0. The van der Waals surface area contributed by atoms with Crippen LogP contribution in [0.1, 0.15) is 53.5 Å². The van der Waals surface area contributed by atoms with E-state index in [1.807, 2.05) is 57.2 Å². The van der Waals surface area contributed by atoms with E-state index in [1.165, 1.54) is 17.3 Å². The number of hydrogen-bond donors (Lipinski definition) is 3. The molecule has 0 radical (unpaired) electrons. The van der Waals surface area contributed by atoms with Crippen LogP contribution in [0.25, 0.3) is 17.0 Å². The zero-order chi connectivity index (χ0) is 25.2. The number of aldehydes is 1. The number of aromatic nitrogens is 1. The zero-order valence-electron chi connectivity index (χ0n) is 20.5. The third-order valence-electron chi connectivity index (χ3n) is 5.86. The molecule has 1 amide bonds. The minimum atomic E-state index is -0.112. The van der Waals surface area contributed by atoms with Crippen LogP contribution < -0.4 is 11.2 Å². The molecule has 0 bridgehead atoms. The number of H-pyrrole nitrogens is 1. The molecule has 0 atom stereocenters. The third-order valence-corrected chi connectivity index (χ3v) is 5.86. The smallest absolute Gasteiger partial charge is 0.238 e. The number of nitrogens with zero attached hydrogens (tertiary/aromatic N) is 2. The highest BCUT2D eigenvalue weighted by Crippen LogP contribution is 2.29. The van der Waals surface area contributed by atoms with Gasteiger partial charge in [-0.15, -0.1) is 0 Å². The van der Waals surface area contributed by atoms with E-state index in [0.717, 1.165) is 48.0 Å². The third kappa shape index (κ3) is 6.33. The quantitative estimate of drug-likeness (QED) is 0.157. The molecule has 182 valence electrons. The number of nitrogens with two attached hydrogens (primary N) is 1. The number of anilines is 1. The number of hydrogen-bond acceptors (Lipinski definition) is 5. The molecule has 0 aliphatic carbocycles. The Morgan fingerprint density at radius 2 is 1.89 bits per heavy atom. The van der Waals surface area contributed by atoms with E-state index in [9.17, 15) is 9.59 Å². The SMILES string of the molecule is C/C=C/c1[nH]c2cc(NC(=O)CN3CCc4ccccc4C3)cc(C=O)c2c1/C=N\N.C/C=C\C. The van der Waals surface area contributed by atoms with Crippen LogP contribution >= 0.6 is 0 Å². The summed E-state index contributed by atoms with van der Waals surface area (Å²) in [6, 6.07) is 11.8. The summed E-state index contributed by atoms with van der Waals surface area (Å²) in [5.74, 6) is 5.25. The highest BCUT2D eigenvalue weighted by molar-refractivity contribution is 6.11. The van der Waals surface area contributed by atoms with Crippen LogP contribution in [-0.2, 0) is 17.8 Å². The Labute approximate surface area is 206 Å². The summed E-state index contributed by atoms with van der Waals surface area (Å²) < 4.78 is 0. The maximum Gasteiger partial charge on any atom is 0.238 e. The summed E-state index contributed by atoms with van der Waals surface area (Å²) in [5, 5.41) is 7.29. The molecule has 1 aliphatic heterocycles. The van der Waals surface area contributed by atoms with Crippen LogP contribution in [0.3, 0.4) is 0 Å². The number of aromatic amines is 1. The first-order chi connectivity index (χ1) is 17.0. The van der Waals surface area contributed by atoms with E-state index in [-0.39, 0.29) is 5.91 Å². The van der Waals surface area contributed by atoms with Gasteiger partial charge in [-0.3, -0.25) is 14.5 Å². The minimum absolute atomic E-state index is 0.112. The number of amides is 1. The molecule has 0 saturated carbocycles. The summed E-state index contributed by atoms with van der Waals surface area (Å²) in [6.45, 7) is 7.80. The van der Waals surface area contributed by atoms with Crippen molar-refractivity contribution in [1.82, 2.24) is 9.88 Å². The Morgan fingerprint density at radius 1 is 1.14 bits per heavy atom. The topological polar surface area (TPSA) is 104 Å². The lowest BCUT2D eigenvalue weighted by atomic mass is 10.00. The lowest BCUT2D eigenvalue weighted by Crippen LogP contribution is -2.37. The maximum absolute atomic E-state index is 12.7. The molecule has 7 heteroatoms. The number of carbonyl (C=O) groups is 2. The van der Waals surface area contributed by atoms with Crippen LogP contribution in [0.4, 0.5) is 5.69 Å². The molecular formula is C28H33N5O2. The van der Waals surface area contributed by atoms with Gasteiger partial charge in [-0.1, -0.05) is 42.5 Å². The molecule has 0 unspecified atom stereocenters. The predicted molar refractivity (Wildman–Crippen MR) is 145 cm³/mol. The zero-order valence-corrected chi connectivity index (χ0v) is 20.5. The van der Waals surface area contributed by atoms with Gasteiger partial charge in [0.05, 0.1) is 12.8 Å². The van der Waals surface area contributed by atoms with Gasteiger partial charge in [0.2, 0.25) is 5.91 Å². The number of nitrogens with one attached hydrogen (secondary N) is 2. The van der Waals surface area contributed by atoms with Gasteiger partial charge < -0.3 is 16.1 Å². The molecule has 3 aromatic rings. The molecular weight excluding hydrogens is 438 g/mol. The van der Waals surface area contributed by atoms with Gasteiger partial charge in [0, 0.05) is 46.5 Å². The molecule has 1 aliphatic rings. The van der Waals surface area contributed by atoms with E-state index < -0.39 is 0 Å². The lowest BCUT2D eigenvalue weighted by molar-refractivity contribution is -0.117. The lowest BCUT2D eigenvalue weighted by Gasteiger charge is -2.28. The Hall–Kier alpha value is -3.97. The van der Waals surface area contributed by atoms with Crippen molar-refractivity contribution in [2.75, 3.05) is 18.4 Å². The average Bonchev–Trinajstić information content (AvgIpc) is 3.20. The number of allylic oxidation sites excluding steroid dienone is 3. The highest BCUT2D eigenvalue weighted by Gasteiger charge is 2.19. The number of fused-ring (bicyclic) bond motifs is 2. The summed E-state index contributed by atoms with van der Waals surface area (Å²) in [4.78, 5) is 29.9. The summed E-state index contributed by atoms with van der Waals surface area (Å²) in [6.07, 6.45) is 11.0. The molecule has 0 fully saturated rings. The number of benzene rings is 2. The predicted octanol–water partition coefficient (Wildman–Crippen LogP) is 4.89. The van der Waals surface area contributed by atoms with Gasteiger partial charge in [0.1, 0.15) is 0 Å². The maximum atomic E-state index is 12.7. The molecule has 0 spiro atoms. The van der Waals surface area contributed by atoms with Crippen molar-refractivity contribution in [2.45, 2.75) is 33.7 Å². The van der Waals surface area contributed by atoms with Gasteiger partial charge in [0.25, 0.3) is 0 Å². The van der Waals surface area contributed by atoms with E-state index in [1.54, 1.807) is 6.07 Å². The first-order valence-electron chi connectivity index (χ1n) is 11.7. The van der Waals surface area contributed by atoms with Crippen LogP contribution in [0.15, 0.2) is 59.7 Å². The molecule has 0 saturated heterocycles. The van der Waals surface area contributed by atoms with Crippen molar-refractivity contribution in [3.63, 3.8) is 0 Å². The Morgan fingerprint density at radius 3 is 2.54 bits per heavy atom. The van der Waals surface area contributed by atoms with Crippen molar-refractivity contribution >= 4 is 41.1 Å². The fraction of sp³-hybridized carbons (Fsp3) is 0.250. The van der Waals surface area contributed by atoms with Crippen LogP contribution in [0.2, 0.25) is 0 Å². The highest BCUT2D eigenvalue weighted by atomic mass is 16.2. The molecule has 2 aromatic carbocycles. The summed E-state index contributed by atoms with van der Waals surface area (Å²) >= 11 is 0.